The molecule has 180 valence electrons. The van der Waals surface area contributed by atoms with Gasteiger partial charge in [-0.25, -0.2) is 0 Å². The van der Waals surface area contributed by atoms with E-state index in [-0.39, 0.29) is 24.3 Å². The van der Waals surface area contributed by atoms with Crippen LogP contribution in [0.25, 0.3) is 0 Å². The molecule has 0 aliphatic rings. The second kappa shape index (κ2) is 12.9. The van der Waals surface area contributed by atoms with Crippen molar-refractivity contribution in [2.24, 2.45) is 0 Å². The molecule has 0 radical (unpaired) electrons. The summed E-state index contributed by atoms with van der Waals surface area (Å²) in [5.41, 5.74) is 4.38. The number of nitrogens with one attached hydrogen (secondary N) is 2. The van der Waals surface area contributed by atoms with Gasteiger partial charge in [0.2, 0.25) is 5.91 Å². The molecule has 0 aliphatic heterocycles. The quantitative estimate of drug-likeness (QED) is 0.285. The number of aromatic hydroxyl groups is 1. The third kappa shape index (κ3) is 7.99. The largest absolute Gasteiger partial charge is 0.508 e. The van der Waals surface area contributed by atoms with Gasteiger partial charge in [0.25, 0.3) is 0 Å². The first-order valence-electron chi connectivity index (χ1n) is 11.7. The number of hydrogen-bond acceptors (Lipinski definition) is 5. The molecule has 3 aromatic rings. The summed E-state index contributed by atoms with van der Waals surface area (Å²) < 4.78 is 0. The molecule has 0 spiro atoms. The molecular weight excluding hydrogens is 428 g/mol. The summed E-state index contributed by atoms with van der Waals surface area (Å²) in [6, 6.07) is 23.0. The van der Waals surface area contributed by atoms with E-state index >= 15 is 0 Å². The summed E-state index contributed by atoms with van der Waals surface area (Å²) in [4.78, 5) is 12.2. The first-order chi connectivity index (χ1) is 16.4. The van der Waals surface area contributed by atoms with Crippen LogP contribution in [0.5, 0.6) is 5.75 Å². The van der Waals surface area contributed by atoms with Crippen molar-refractivity contribution in [3.63, 3.8) is 0 Å². The maximum Gasteiger partial charge on any atom is 0.224 e. The van der Waals surface area contributed by atoms with Gasteiger partial charge in [-0.3, -0.25) is 4.79 Å². The van der Waals surface area contributed by atoms with E-state index in [0.717, 1.165) is 24.0 Å². The van der Waals surface area contributed by atoms with E-state index < -0.39 is 6.10 Å². The Bertz CT molecular complexity index is 1040. The molecule has 34 heavy (non-hydrogen) atoms. The molecule has 0 aromatic heterocycles. The highest BCUT2D eigenvalue weighted by Gasteiger charge is 2.12. The Hall–Kier alpha value is -3.19. The zero-order valence-electron chi connectivity index (χ0n) is 19.6. The number of phenols is 1. The third-order valence-corrected chi connectivity index (χ3v) is 5.83. The van der Waals surface area contributed by atoms with E-state index in [2.05, 4.69) is 29.7 Å². The molecular formula is C28H34N2O4. The van der Waals surface area contributed by atoms with E-state index in [1.165, 1.54) is 11.6 Å². The minimum atomic E-state index is -0.740. The van der Waals surface area contributed by atoms with Gasteiger partial charge in [0.05, 0.1) is 19.1 Å². The van der Waals surface area contributed by atoms with Crippen molar-refractivity contribution >= 4 is 5.91 Å². The Labute approximate surface area is 201 Å². The molecule has 0 saturated heterocycles. The molecule has 0 bridgehead atoms. The molecule has 2 atom stereocenters. The minimum Gasteiger partial charge on any atom is -0.508 e. The van der Waals surface area contributed by atoms with Crippen LogP contribution in [0.4, 0.5) is 0 Å². The summed E-state index contributed by atoms with van der Waals surface area (Å²) in [6.07, 6.45) is 1.22. The van der Waals surface area contributed by atoms with Crippen LogP contribution in [0.15, 0.2) is 72.8 Å². The molecule has 0 unspecified atom stereocenters. The van der Waals surface area contributed by atoms with Gasteiger partial charge in [-0.2, -0.15) is 0 Å². The number of aliphatic hydroxyl groups excluding tert-OH is 2. The van der Waals surface area contributed by atoms with Crippen LogP contribution in [0.1, 0.15) is 40.8 Å². The zero-order valence-corrected chi connectivity index (χ0v) is 19.6. The highest BCUT2D eigenvalue weighted by Crippen LogP contribution is 2.22. The van der Waals surface area contributed by atoms with Crippen LogP contribution in [0.3, 0.4) is 0 Å². The minimum absolute atomic E-state index is 0.0197. The van der Waals surface area contributed by atoms with Gasteiger partial charge < -0.3 is 26.0 Å². The first kappa shape index (κ1) is 25.4. The molecule has 0 heterocycles. The lowest BCUT2D eigenvalue weighted by molar-refractivity contribution is -0.120. The van der Waals surface area contributed by atoms with Crippen LogP contribution in [0.2, 0.25) is 0 Å². The Balaban J connectivity index is 1.39. The predicted molar refractivity (Wildman–Crippen MR) is 133 cm³/mol. The zero-order chi connectivity index (χ0) is 24.3. The van der Waals surface area contributed by atoms with Crippen molar-refractivity contribution in [3.8, 4) is 5.75 Å². The molecule has 0 saturated carbocycles. The van der Waals surface area contributed by atoms with E-state index in [9.17, 15) is 20.1 Å². The van der Waals surface area contributed by atoms with E-state index in [0.29, 0.717) is 30.6 Å². The van der Waals surface area contributed by atoms with Crippen LogP contribution >= 0.6 is 0 Å². The van der Waals surface area contributed by atoms with E-state index in [1.807, 2.05) is 42.5 Å². The molecule has 5 N–H and O–H groups in total. The average Bonchev–Trinajstić information content (AvgIpc) is 2.84. The van der Waals surface area contributed by atoms with Gasteiger partial charge >= 0.3 is 0 Å². The van der Waals surface area contributed by atoms with Crippen molar-refractivity contribution < 1.29 is 20.1 Å². The number of carbonyl (C=O) groups is 1. The molecule has 3 aromatic carbocycles. The summed E-state index contributed by atoms with van der Waals surface area (Å²) in [6.45, 7) is 2.76. The average molecular weight is 463 g/mol. The fourth-order valence-electron chi connectivity index (χ4n) is 3.83. The fourth-order valence-corrected chi connectivity index (χ4v) is 3.83. The molecule has 6 nitrogen and oxygen atoms in total. The maximum absolute atomic E-state index is 12.2. The summed E-state index contributed by atoms with van der Waals surface area (Å²) in [7, 11) is 0. The SMILES string of the molecule is C[C@H](Cc1ccc(CC(=O)NCCc2ccccc2)cc1)NC[C@H](O)c1ccc(O)c(CO)c1. The van der Waals surface area contributed by atoms with Gasteiger partial charge in [0.1, 0.15) is 5.75 Å². The number of benzene rings is 3. The van der Waals surface area contributed by atoms with E-state index in [1.54, 1.807) is 12.1 Å². The molecule has 0 aliphatic carbocycles. The van der Waals surface area contributed by atoms with Crippen LogP contribution in [0, 0.1) is 0 Å². The van der Waals surface area contributed by atoms with Crippen molar-refractivity contribution in [3.05, 3.63) is 101 Å². The molecule has 0 fully saturated rings. The summed E-state index contributed by atoms with van der Waals surface area (Å²) >= 11 is 0. The smallest absolute Gasteiger partial charge is 0.224 e. The summed E-state index contributed by atoms with van der Waals surface area (Å²) in [5.74, 6) is 0.0409. The van der Waals surface area contributed by atoms with Crippen molar-refractivity contribution in [1.82, 2.24) is 10.6 Å². The lowest BCUT2D eigenvalue weighted by Gasteiger charge is -2.18. The van der Waals surface area contributed by atoms with Gasteiger partial charge in [0.15, 0.2) is 0 Å². The van der Waals surface area contributed by atoms with Gasteiger partial charge in [-0.05, 0) is 54.2 Å². The third-order valence-electron chi connectivity index (χ3n) is 5.83. The molecule has 6 heteroatoms. The van der Waals surface area contributed by atoms with Crippen molar-refractivity contribution in [2.75, 3.05) is 13.1 Å². The Kier molecular flexibility index (Phi) is 9.64. The lowest BCUT2D eigenvalue weighted by Crippen LogP contribution is -2.32. The number of hydrogen-bond donors (Lipinski definition) is 5. The van der Waals surface area contributed by atoms with Crippen molar-refractivity contribution in [1.29, 1.82) is 0 Å². The normalized spacial score (nSPS) is 12.8. The van der Waals surface area contributed by atoms with Crippen molar-refractivity contribution in [2.45, 2.75) is 44.9 Å². The lowest BCUT2D eigenvalue weighted by atomic mass is 10.0. The monoisotopic (exact) mass is 462 g/mol. The molecule has 1 amide bonds. The fraction of sp³-hybridized carbons (Fsp3) is 0.321. The van der Waals surface area contributed by atoms with E-state index in [4.69, 9.17) is 0 Å². The van der Waals surface area contributed by atoms with Gasteiger partial charge in [0, 0.05) is 24.7 Å². The summed E-state index contributed by atoms with van der Waals surface area (Å²) in [5, 5.41) is 35.7. The standard InChI is InChI=1S/C28H34N2O4/c1-20(30-18-27(33)24-11-12-26(32)25(17-24)19-31)15-22-7-9-23(10-8-22)16-28(34)29-14-13-21-5-3-2-4-6-21/h2-12,17,20,27,30-33H,13-16,18-19H2,1H3,(H,29,34)/t20-,27+/m1/s1. The number of amides is 1. The number of carbonyl (C=O) groups excluding carboxylic acids is 1. The Morgan fingerprint density at radius 3 is 2.35 bits per heavy atom. The highest BCUT2D eigenvalue weighted by molar-refractivity contribution is 5.78. The second-order valence-corrected chi connectivity index (χ2v) is 8.65. The van der Waals surface area contributed by atoms with Crippen LogP contribution < -0.4 is 10.6 Å². The maximum atomic E-state index is 12.2. The number of aliphatic hydroxyl groups is 2. The van der Waals surface area contributed by atoms with Gasteiger partial charge in [-0.1, -0.05) is 60.7 Å². The number of rotatable bonds is 12. The Morgan fingerprint density at radius 1 is 0.941 bits per heavy atom. The molecule has 3 rings (SSSR count). The van der Waals surface area contributed by atoms with Crippen LogP contribution in [-0.4, -0.2) is 40.4 Å². The first-order valence-corrected chi connectivity index (χ1v) is 11.7. The van der Waals surface area contributed by atoms with Crippen LogP contribution in [-0.2, 0) is 30.7 Å². The topological polar surface area (TPSA) is 102 Å². The highest BCUT2D eigenvalue weighted by atomic mass is 16.3. The Morgan fingerprint density at radius 2 is 1.65 bits per heavy atom. The van der Waals surface area contributed by atoms with Gasteiger partial charge in [-0.15, -0.1) is 0 Å². The second-order valence-electron chi connectivity index (χ2n) is 8.65. The predicted octanol–water partition coefficient (Wildman–Crippen LogP) is 3.04.